The number of nitrogens with one attached hydrogen (secondary N) is 1. The number of nitrogen functional groups attached to an aromatic ring is 1. The molecule has 0 aliphatic heterocycles. The van der Waals surface area contributed by atoms with Crippen molar-refractivity contribution in [1.82, 2.24) is 9.78 Å². The number of hydrogen-bond acceptors (Lipinski definition) is 5. The van der Waals surface area contributed by atoms with Crippen LogP contribution in [0.25, 0.3) is 0 Å². The third-order valence-electron chi connectivity index (χ3n) is 2.80. The number of aryl methyl sites for hydroxylation is 1. The summed E-state index contributed by atoms with van der Waals surface area (Å²) in [6.45, 7) is 1.58. The van der Waals surface area contributed by atoms with Crippen LogP contribution in [0.1, 0.15) is 5.56 Å². The lowest BCUT2D eigenvalue weighted by Crippen LogP contribution is -2.29. The lowest BCUT2D eigenvalue weighted by atomic mass is 10.2. The van der Waals surface area contributed by atoms with E-state index in [1.54, 1.807) is 25.1 Å². The molecule has 0 fully saturated rings. The Kier molecular flexibility index (Phi) is 4.22. The third-order valence-corrected chi connectivity index (χ3v) is 2.80. The van der Waals surface area contributed by atoms with Gasteiger partial charge >= 0.3 is 0 Å². The quantitative estimate of drug-likeness (QED) is 0.810. The molecule has 1 aromatic heterocycles. The number of rotatable bonds is 4. The average molecular weight is 288 g/mol. The van der Waals surface area contributed by atoms with Crippen LogP contribution in [0.4, 0.5) is 11.4 Å². The van der Waals surface area contributed by atoms with Gasteiger partial charge in [-0.25, -0.2) is 4.68 Å². The van der Waals surface area contributed by atoms with Gasteiger partial charge < -0.3 is 15.8 Å². The summed E-state index contributed by atoms with van der Waals surface area (Å²) in [7, 11) is 1.49. The zero-order valence-electron chi connectivity index (χ0n) is 11.8. The standard InChI is InChI=1S/C14H16N4O3/c1-9-5-14(20)18(16-7-9)8-13(19)17-11-6-10(15)3-4-12(11)21-2/h3-7H,8,15H2,1-2H3,(H,17,19). The van der Waals surface area contributed by atoms with E-state index >= 15 is 0 Å². The van der Waals surface area contributed by atoms with Crippen LogP contribution >= 0.6 is 0 Å². The molecule has 7 nitrogen and oxygen atoms in total. The van der Waals surface area contributed by atoms with Gasteiger partial charge in [0.25, 0.3) is 5.56 Å². The molecule has 0 saturated carbocycles. The molecule has 1 aromatic carbocycles. The van der Waals surface area contributed by atoms with Crippen molar-refractivity contribution < 1.29 is 9.53 Å². The Morgan fingerprint density at radius 3 is 2.86 bits per heavy atom. The summed E-state index contributed by atoms with van der Waals surface area (Å²) >= 11 is 0. The summed E-state index contributed by atoms with van der Waals surface area (Å²) in [4.78, 5) is 23.7. The van der Waals surface area contributed by atoms with Crippen LogP contribution in [-0.4, -0.2) is 22.8 Å². The first-order valence-electron chi connectivity index (χ1n) is 6.26. The number of hydrogen-bond donors (Lipinski definition) is 2. The molecule has 0 atom stereocenters. The van der Waals surface area contributed by atoms with Crippen LogP contribution in [0.3, 0.4) is 0 Å². The normalized spacial score (nSPS) is 10.2. The van der Waals surface area contributed by atoms with E-state index in [-0.39, 0.29) is 12.1 Å². The average Bonchev–Trinajstić information content (AvgIpc) is 2.42. The van der Waals surface area contributed by atoms with Gasteiger partial charge in [0.15, 0.2) is 0 Å². The van der Waals surface area contributed by atoms with E-state index < -0.39 is 5.91 Å². The molecule has 110 valence electrons. The molecule has 0 saturated heterocycles. The Morgan fingerprint density at radius 1 is 1.43 bits per heavy atom. The number of aromatic nitrogens is 2. The Bertz CT molecular complexity index is 724. The molecule has 2 rings (SSSR count). The number of anilines is 2. The van der Waals surface area contributed by atoms with Gasteiger partial charge in [-0.2, -0.15) is 5.10 Å². The number of methoxy groups -OCH3 is 1. The number of nitrogens with two attached hydrogens (primary N) is 1. The molecule has 21 heavy (non-hydrogen) atoms. The minimum Gasteiger partial charge on any atom is -0.495 e. The van der Waals surface area contributed by atoms with Crippen molar-refractivity contribution in [3.63, 3.8) is 0 Å². The van der Waals surface area contributed by atoms with Gasteiger partial charge in [0.2, 0.25) is 5.91 Å². The summed E-state index contributed by atoms with van der Waals surface area (Å²) in [5.41, 5.74) is 7.04. The first-order valence-corrected chi connectivity index (χ1v) is 6.26. The van der Waals surface area contributed by atoms with Crippen molar-refractivity contribution in [3.8, 4) is 5.75 Å². The molecule has 2 aromatic rings. The van der Waals surface area contributed by atoms with E-state index in [4.69, 9.17) is 10.5 Å². The summed E-state index contributed by atoms with van der Waals surface area (Å²) < 4.78 is 6.22. The van der Waals surface area contributed by atoms with Crippen molar-refractivity contribution in [2.75, 3.05) is 18.2 Å². The van der Waals surface area contributed by atoms with E-state index in [9.17, 15) is 9.59 Å². The molecule has 0 unspecified atom stereocenters. The van der Waals surface area contributed by atoms with Gasteiger partial charge in [-0.1, -0.05) is 0 Å². The maximum atomic E-state index is 12.0. The highest BCUT2D eigenvalue weighted by Crippen LogP contribution is 2.26. The molecule has 0 aliphatic carbocycles. The van der Waals surface area contributed by atoms with Crippen molar-refractivity contribution in [1.29, 1.82) is 0 Å². The van der Waals surface area contributed by atoms with Crippen molar-refractivity contribution >= 4 is 17.3 Å². The van der Waals surface area contributed by atoms with E-state index in [2.05, 4.69) is 10.4 Å². The second kappa shape index (κ2) is 6.08. The number of nitrogens with zero attached hydrogens (tertiary/aromatic N) is 2. The van der Waals surface area contributed by atoms with Crippen LogP contribution in [0.2, 0.25) is 0 Å². The van der Waals surface area contributed by atoms with E-state index in [1.807, 2.05) is 0 Å². The fourth-order valence-corrected chi connectivity index (χ4v) is 1.79. The second-order valence-corrected chi connectivity index (χ2v) is 4.54. The van der Waals surface area contributed by atoms with Gasteiger partial charge in [0.1, 0.15) is 12.3 Å². The minimum absolute atomic E-state index is 0.183. The van der Waals surface area contributed by atoms with E-state index in [1.165, 1.54) is 19.4 Å². The molecule has 1 amide bonds. The van der Waals surface area contributed by atoms with Crippen molar-refractivity contribution in [2.45, 2.75) is 13.5 Å². The smallest absolute Gasteiger partial charge is 0.267 e. The molecule has 0 bridgehead atoms. The molecule has 0 spiro atoms. The minimum atomic E-state index is -0.391. The number of benzene rings is 1. The van der Waals surface area contributed by atoms with Crippen molar-refractivity contribution in [3.05, 3.63) is 46.4 Å². The molecular weight excluding hydrogens is 272 g/mol. The van der Waals surface area contributed by atoms with Crippen molar-refractivity contribution in [2.24, 2.45) is 0 Å². The SMILES string of the molecule is COc1ccc(N)cc1NC(=O)Cn1ncc(C)cc1=O. The lowest BCUT2D eigenvalue weighted by molar-refractivity contribution is -0.117. The summed E-state index contributed by atoms with van der Waals surface area (Å²) in [6, 6.07) is 6.32. The maximum absolute atomic E-state index is 12.0. The molecular formula is C14H16N4O3. The van der Waals surface area contributed by atoms with Gasteiger partial charge in [-0.05, 0) is 30.7 Å². The molecule has 1 heterocycles. The Labute approximate surface area is 121 Å². The lowest BCUT2D eigenvalue weighted by Gasteiger charge is -2.11. The first kappa shape index (κ1) is 14.6. The summed E-state index contributed by atoms with van der Waals surface area (Å²) in [5.74, 6) is 0.0964. The summed E-state index contributed by atoms with van der Waals surface area (Å²) in [6.07, 6.45) is 1.52. The van der Waals surface area contributed by atoms with E-state index in [0.29, 0.717) is 17.1 Å². The molecule has 3 N–H and O–H groups in total. The zero-order chi connectivity index (χ0) is 15.4. The Morgan fingerprint density at radius 2 is 2.19 bits per heavy atom. The largest absolute Gasteiger partial charge is 0.495 e. The molecule has 0 radical (unpaired) electrons. The van der Waals surface area contributed by atoms with Crippen LogP contribution in [0.5, 0.6) is 5.75 Å². The van der Waals surface area contributed by atoms with Gasteiger partial charge in [0, 0.05) is 11.8 Å². The number of ether oxygens (including phenoxy) is 1. The van der Waals surface area contributed by atoms with Crippen LogP contribution in [0, 0.1) is 6.92 Å². The second-order valence-electron chi connectivity index (χ2n) is 4.54. The maximum Gasteiger partial charge on any atom is 0.267 e. The summed E-state index contributed by atoms with van der Waals surface area (Å²) in [5, 5.41) is 6.56. The topological polar surface area (TPSA) is 99.2 Å². The zero-order valence-corrected chi connectivity index (χ0v) is 11.8. The number of amides is 1. The fraction of sp³-hybridized carbons (Fsp3) is 0.214. The molecule has 0 aliphatic rings. The third kappa shape index (κ3) is 3.59. The van der Waals surface area contributed by atoms with Gasteiger partial charge in [0.05, 0.1) is 19.0 Å². The van der Waals surface area contributed by atoms with Crippen LogP contribution in [0.15, 0.2) is 35.3 Å². The molecule has 7 heteroatoms. The van der Waals surface area contributed by atoms with Gasteiger partial charge in [-0.3, -0.25) is 9.59 Å². The van der Waals surface area contributed by atoms with Crippen LogP contribution < -0.4 is 21.3 Å². The Balaban J connectivity index is 2.15. The predicted octanol–water partition coefficient (Wildman–Crippen LogP) is 0.781. The Hall–Kier alpha value is -2.83. The monoisotopic (exact) mass is 288 g/mol. The highest BCUT2D eigenvalue weighted by molar-refractivity contribution is 5.92. The predicted molar refractivity (Wildman–Crippen MR) is 79.3 cm³/mol. The fourth-order valence-electron chi connectivity index (χ4n) is 1.79. The van der Waals surface area contributed by atoms with E-state index in [0.717, 1.165) is 10.2 Å². The first-order chi connectivity index (χ1) is 9.99. The number of carbonyl (C=O) groups excluding carboxylic acids is 1. The van der Waals surface area contributed by atoms with Crippen LogP contribution in [-0.2, 0) is 11.3 Å². The highest BCUT2D eigenvalue weighted by Gasteiger charge is 2.10. The highest BCUT2D eigenvalue weighted by atomic mass is 16.5. The van der Waals surface area contributed by atoms with Gasteiger partial charge in [-0.15, -0.1) is 0 Å². The number of carbonyl (C=O) groups is 1.